The molecule has 0 aliphatic heterocycles. The molecule has 0 atom stereocenters. The van der Waals surface area contributed by atoms with E-state index >= 15 is 0 Å². The summed E-state index contributed by atoms with van der Waals surface area (Å²) in [5.74, 6) is -0.0721. The predicted molar refractivity (Wildman–Crippen MR) is 77.5 cm³/mol. The fourth-order valence-corrected chi connectivity index (χ4v) is 2.38. The first-order valence-corrected chi connectivity index (χ1v) is 6.65. The summed E-state index contributed by atoms with van der Waals surface area (Å²) < 4.78 is 1.61. The fourth-order valence-electron chi connectivity index (χ4n) is 2.00. The van der Waals surface area contributed by atoms with Crippen LogP contribution in [0.2, 0.25) is 10.0 Å². The average molecular weight is 306 g/mol. The van der Waals surface area contributed by atoms with Crippen LogP contribution in [-0.4, -0.2) is 20.4 Å². The lowest BCUT2D eigenvalue weighted by Crippen LogP contribution is -2.04. The van der Waals surface area contributed by atoms with Crippen LogP contribution in [-0.2, 0) is 6.42 Å². The lowest BCUT2D eigenvalue weighted by Gasteiger charge is -2.03. The van der Waals surface area contributed by atoms with Gasteiger partial charge in [-0.15, -0.1) is 0 Å². The third kappa shape index (κ3) is 2.40. The fraction of sp³-hybridized carbons (Fsp3) is 0.0714. The van der Waals surface area contributed by atoms with Crippen LogP contribution in [0, 0.1) is 0 Å². The van der Waals surface area contributed by atoms with Gasteiger partial charge in [0.05, 0.1) is 23.5 Å². The van der Waals surface area contributed by atoms with E-state index in [9.17, 15) is 4.79 Å². The molecule has 4 nitrogen and oxygen atoms in total. The summed E-state index contributed by atoms with van der Waals surface area (Å²) in [7, 11) is 0. The largest absolute Gasteiger partial charge is 0.294 e. The molecule has 0 radical (unpaired) electrons. The van der Waals surface area contributed by atoms with Gasteiger partial charge in [-0.05, 0) is 23.8 Å². The van der Waals surface area contributed by atoms with E-state index in [1.165, 1.54) is 6.20 Å². The summed E-state index contributed by atoms with van der Waals surface area (Å²) in [6, 6.07) is 5.08. The molecule has 0 amide bonds. The highest BCUT2D eigenvalue weighted by Gasteiger charge is 2.15. The number of rotatable bonds is 3. The molecule has 0 N–H and O–H groups in total. The van der Waals surface area contributed by atoms with Crippen molar-refractivity contribution in [2.24, 2.45) is 0 Å². The van der Waals surface area contributed by atoms with Crippen molar-refractivity contribution in [1.29, 1.82) is 0 Å². The normalized spacial score (nSPS) is 10.9. The Labute approximate surface area is 125 Å². The lowest BCUT2D eigenvalue weighted by molar-refractivity contribution is 0.0994. The van der Waals surface area contributed by atoms with Crippen molar-refractivity contribution < 1.29 is 4.79 Å². The summed E-state index contributed by atoms with van der Waals surface area (Å²) in [4.78, 5) is 16.4. The molecule has 6 heteroatoms. The zero-order chi connectivity index (χ0) is 14.1. The minimum Gasteiger partial charge on any atom is -0.294 e. The average Bonchev–Trinajstić information content (AvgIpc) is 2.87. The maximum Gasteiger partial charge on any atom is 0.171 e. The Bertz CT molecular complexity index is 798. The molecule has 0 spiro atoms. The van der Waals surface area contributed by atoms with E-state index in [0.717, 1.165) is 0 Å². The van der Waals surface area contributed by atoms with Crippen molar-refractivity contribution >= 4 is 34.5 Å². The van der Waals surface area contributed by atoms with E-state index in [1.54, 1.807) is 41.3 Å². The van der Waals surface area contributed by atoms with Gasteiger partial charge in [-0.1, -0.05) is 23.2 Å². The van der Waals surface area contributed by atoms with Crippen LogP contribution in [0.5, 0.6) is 0 Å². The van der Waals surface area contributed by atoms with Crippen LogP contribution in [0.3, 0.4) is 0 Å². The molecule has 2 aromatic heterocycles. The summed E-state index contributed by atoms with van der Waals surface area (Å²) >= 11 is 12.0. The van der Waals surface area contributed by atoms with Gasteiger partial charge < -0.3 is 0 Å². The molecule has 3 rings (SSSR count). The molecule has 0 unspecified atom stereocenters. The Morgan fingerprint density at radius 2 is 2.10 bits per heavy atom. The first-order valence-electron chi connectivity index (χ1n) is 5.89. The van der Waals surface area contributed by atoms with Gasteiger partial charge in [0.2, 0.25) is 0 Å². The molecule has 3 aromatic rings. The number of nitrogens with zero attached hydrogens (tertiary/aromatic N) is 3. The number of benzene rings is 1. The second-order valence-corrected chi connectivity index (χ2v) is 5.14. The maximum atomic E-state index is 12.4. The van der Waals surface area contributed by atoms with Gasteiger partial charge in [0, 0.05) is 28.9 Å². The summed E-state index contributed by atoms with van der Waals surface area (Å²) in [5, 5.41) is 5.20. The minimum atomic E-state index is -0.0721. The third-order valence-corrected chi connectivity index (χ3v) is 3.59. The molecular weight excluding hydrogens is 297 g/mol. The van der Waals surface area contributed by atoms with Gasteiger partial charge in [-0.2, -0.15) is 5.10 Å². The smallest absolute Gasteiger partial charge is 0.171 e. The van der Waals surface area contributed by atoms with Crippen molar-refractivity contribution in [3.8, 4) is 0 Å². The Balaban J connectivity index is 1.95. The highest BCUT2D eigenvalue weighted by molar-refractivity contribution is 6.33. The first kappa shape index (κ1) is 13.1. The van der Waals surface area contributed by atoms with Gasteiger partial charge in [0.25, 0.3) is 0 Å². The second-order valence-electron chi connectivity index (χ2n) is 4.30. The van der Waals surface area contributed by atoms with E-state index in [-0.39, 0.29) is 12.2 Å². The number of hydrogen-bond acceptors (Lipinski definition) is 3. The highest BCUT2D eigenvalue weighted by atomic mass is 35.5. The van der Waals surface area contributed by atoms with E-state index in [2.05, 4.69) is 10.1 Å². The van der Waals surface area contributed by atoms with Crippen molar-refractivity contribution in [1.82, 2.24) is 14.6 Å². The van der Waals surface area contributed by atoms with Gasteiger partial charge in [-0.25, -0.2) is 4.52 Å². The number of Topliss-reactive ketones (excluding diaryl/α,β-unsaturated/α-hetero) is 1. The molecule has 0 aliphatic carbocycles. The predicted octanol–water partition coefficient (Wildman–Crippen LogP) is 3.46. The summed E-state index contributed by atoms with van der Waals surface area (Å²) in [6.45, 7) is 0. The molecule has 0 saturated carbocycles. The standard InChI is InChI=1S/C14H9Cl2N3O/c15-10-1-2-12(16)9(5-10)6-14(20)11-7-18-19-4-3-17-8-13(11)19/h1-5,7-8H,6H2. The number of hydrogen-bond donors (Lipinski definition) is 0. The van der Waals surface area contributed by atoms with Crippen molar-refractivity contribution in [2.45, 2.75) is 6.42 Å². The Hall–Kier alpha value is -1.91. The highest BCUT2D eigenvalue weighted by Crippen LogP contribution is 2.23. The molecule has 20 heavy (non-hydrogen) atoms. The zero-order valence-electron chi connectivity index (χ0n) is 10.3. The van der Waals surface area contributed by atoms with Crippen LogP contribution >= 0.6 is 23.2 Å². The number of carbonyl (C=O) groups is 1. The number of carbonyl (C=O) groups excluding carboxylic acids is 1. The van der Waals surface area contributed by atoms with Gasteiger partial charge in [0.15, 0.2) is 5.78 Å². The SMILES string of the molecule is O=C(Cc1cc(Cl)ccc1Cl)c1cnn2ccncc12. The monoisotopic (exact) mass is 305 g/mol. The maximum absolute atomic E-state index is 12.4. The van der Waals surface area contributed by atoms with Crippen LogP contribution in [0.4, 0.5) is 0 Å². The third-order valence-electron chi connectivity index (χ3n) is 2.98. The van der Waals surface area contributed by atoms with Crippen molar-refractivity contribution in [3.63, 3.8) is 0 Å². The van der Waals surface area contributed by atoms with E-state index in [4.69, 9.17) is 23.2 Å². The zero-order valence-corrected chi connectivity index (χ0v) is 11.8. The first-order chi connectivity index (χ1) is 9.65. The Kier molecular flexibility index (Phi) is 3.42. The van der Waals surface area contributed by atoms with Crippen LogP contribution < -0.4 is 0 Å². The van der Waals surface area contributed by atoms with Crippen LogP contribution in [0.1, 0.15) is 15.9 Å². The quantitative estimate of drug-likeness (QED) is 0.696. The van der Waals surface area contributed by atoms with Gasteiger partial charge in [0.1, 0.15) is 0 Å². The van der Waals surface area contributed by atoms with E-state index in [1.807, 2.05) is 0 Å². The summed E-state index contributed by atoms with van der Waals surface area (Å²) in [5.41, 5.74) is 1.90. The van der Waals surface area contributed by atoms with E-state index in [0.29, 0.717) is 26.7 Å². The van der Waals surface area contributed by atoms with Gasteiger partial charge in [-0.3, -0.25) is 9.78 Å². The number of fused-ring (bicyclic) bond motifs is 1. The molecule has 0 aliphatic rings. The molecule has 100 valence electrons. The summed E-state index contributed by atoms with van der Waals surface area (Å²) in [6.07, 6.45) is 6.63. The van der Waals surface area contributed by atoms with Crippen LogP contribution in [0.15, 0.2) is 43.0 Å². The number of ketones is 1. The Morgan fingerprint density at radius 1 is 1.25 bits per heavy atom. The molecule has 0 bridgehead atoms. The topological polar surface area (TPSA) is 47.3 Å². The molecule has 2 heterocycles. The second kappa shape index (κ2) is 5.23. The number of halogens is 2. The molecule has 1 aromatic carbocycles. The minimum absolute atomic E-state index is 0.0721. The molecule has 0 fully saturated rings. The lowest BCUT2D eigenvalue weighted by atomic mass is 10.0. The number of aromatic nitrogens is 3. The van der Waals surface area contributed by atoms with Crippen LogP contribution in [0.25, 0.3) is 5.52 Å². The van der Waals surface area contributed by atoms with E-state index < -0.39 is 0 Å². The van der Waals surface area contributed by atoms with Gasteiger partial charge >= 0.3 is 0 Å². The van der Waals surface area contributed by atoms with Crippen molar-refractivity contribution in [3.05, 3.63) is 64.2 Å². The molecular formula is C14H9Cl2N3O. The van der Waals surface area contributed by atoms with Crippen molar-refractivity contribution in [2.75, 3.05) is 0 Å². The molecule has 0 saturated heterocycles. The Morgan fingerprint density at radius 3 is 2.95 bits per heavy atom.